The average Bonchev–Trinajstić information content (AvgIpc) is 3.28. The van der Waals surface area contributed by atoms with E-state index in [1.165, 1.54) is 12.8 Å². The molecule has 0 fully saturated rings. The minimum absolute atomic E-state index is 0.00740. The zero-order chi connectivity index (χ0) is 26.8. The third kappa shape index (κ3) is 8.59. The number of aromatic nitrogens is 2. The number of aryl methyl sites for hydroxylation is 1. The molecule has 2 aromatic carbocycles. The highest BCUT2D eigenvalue weighted by Crippen LogP contribution is 2.26. The van der Waals surface area contributed by atoms with Crippen LogP contribution in [-0.2, 0) is 21.5 Å². The third-order valence-corrected chi connectivity index (χ3v) is 6.39. The van der Waals surface area contributed by atoms with Gasteiger partial charge in [0.2, 0.25) is 11.8 Å². The van der Waals surface area contributed by atoms with Gasteiger partial charge in [0.25, 0.3) is 0 Å². The standard InChI is InChI=1S/C31H42N4O2/c1-6-7-8-9-13-19-30(37)34(22-25-16-11-10-12-17-25)23-29(36)32-28-21-27(31(3,4)5)33-35(28)26-18-14-15-24(2)20-26/h10-12,14-18,20-21H,6-9,13,19,22-23H2,1-5H3,(H,32,36). The molecule has 6 nitrogen and oxygen atoms in total. The Hall–Kier alpha value is -3.41. The molecule has 0 aliphatic carbocycles. The SMILES string of the molecule is CCCCCCCC(=O)N(CC(=O)Nc1cc(C(C)(C)C)nn1-c1cccc(C)c1)Cc1ccccc1. The molecule has 1 heterocycles. The summed E-state index contributed by atoms with van der Waals surface area (Å²) in [7, 11) is 0. The lowest BCUT2D eigenvalue weighted by Crippen LogP contribution is -2.37. The van der Waals surface area contributed by atoms with Crippen LogP contribution in [0.3, 0.4) is 0 Å². The van der Waals surface area contributed by atoms with Crippen LogP contribution in [0.15, 0.2) is 60.7 Å². The zero-order valence-electron chi connectivity index (χ0n) is 23.1. The number of amides is 2. The van der Waals surface area contributed by atoms with E-state index in [0.29, 0.717) is 18.8 Å². The fourth-order valence-corrected chi connectivity index (χ4v) is 4.22. The monoisotopic (exact) mass is 502 g/mol. The first-order valence-corrected chi connectivity index (χ1v) is 13.5. The van der Waals surface area contributed by atoms with E-state index in [-0.39, 0.29) is 23.8 Å². The van der Waals surface area contributed by atoms with Crippen LogP contribution in [0.25, 0.3) is 5.69 Å². The van der Waals surface area contributed by atoms with Crippen molar-refractivity contribution < 1.29 is 9.59 Å². The Bertz CT molecular complexity index is 1160. The second-order valence-corrected chi connectivity index (χ2v) is 10.9. The second kappa shape index (κ2) is 13.2. The lowest BCUT2D eigenvalue weighted by molar-refractivity contribution is -0.135. The van der Waals surface area contributed by atoms with Crippen LogP contribution in [0.4, 0.5) is 5.82 Å². The summed E-state index contributed by atoms with van der Waals surface area (Å²) in [5.41, 5.74) is 3.71. The zero-order valence-corrected chi connectivity index (χ0v) is 23.1. The Morgan fingerprint density at radius 1 is 0.946 bits per heavy atom. The molecule has 0 unspecified atom stereocenters. The molecule has 0 atom stereocenters. The summed E-state index contributed by atoms with van der Waals surface area (Å²) in [6, 6.07) is 19.8. The summed E-state index contributed by atoms with van der Waals surface area (Å²) in [6.45, 7) is 10.9. The predicted molar refractivity (Wildman–Crippen MR) is 151 cm³/mol. The number of benzene rings is 2. The van der Waals surface area contributed by atoms with E-state index < -0.39 is 0 Å². The third-order valence-electron chi connectivity index (χ3n) is 6.39. The van der Waals surface area contributed by atoms with E-state index in [2.05, 4.69) is 33.0 Å². The summed E-state index contributed by atoms with van der Waals surface area (Å²) in [5.74, 6) is 0.384. The van der Waals surface area contributed by atoms with E-state index in [1.807, 2.05) is 67.6 Å². The van der Waals surface area contributed by atoms with Crippen LogP contribution < -0.4 is 5.32 Å². The Kier molecular flexibility index (Phi) is 10.1. The van der Waals surface area contributed by atoms with Crippen LogP contribution in [-0.4, -0.2) is 33.0 Å². The molecular formula is C31H42N4O2. The molecule has 0 saturated heterocycles. The van der Waals surface area contributed by atoms with Crippen LogP contribution >= 0.6 is 0 Å². The summed E-state index contributed by atoms with van der Waals surface area (Å²) in [4.78, 5) is 28.1. The number of rotatable bonds is 12. The normalized spacial score (nSPS) is 11.4. The van der Waals surface area contributed by atoms with Gasteiger partial charge in [-0.05, 0) is 36.6 Å². The van der Waals surface area contributed by atoms with Crippen LogP contribution in [0.1, 0.15) is 83.0 Å². The van der Waals surface area contributed by atoms with E-state index >= 15 is 0 Å². The number of hydrogen-bond donors (Lipinski definition) is 1. The van der Waals surface area contributed by atoms with Gasteiger partial charge < -0.3 is 10.2 Å². The van der Waals surface area contributed by atoms with Gasteiger partial charge in [0.1, 0.15) is 12.4 Å². The van der Waals surface area contributed by atoms with Crippen molar-refractivity contribution in [3.05, 3.63) is 77.5 Å². The fraction of sp³-hybridized carbons (Fsp3) is 0.452. The van der Waals surface area contributed by atoms with Gasteiger partial charge in [0.05, 0.1) is 11.4 Å². The first-order valence-electron chi connectivity index (χ1n) is 13.5. The minimum Gasteiger partial charge on any atom is -0.329 e. The van der Waals surface area contributed by atoms with Crippen LogP contribution in [0.2, 0.25) is 0 Å². The molecule has 37 heavy (non-hydrogen) atoms. The van der Waals surface area contributed by atoms with Crippen molar-refractivity contribution in [3.63, 3.8) is 0 Å². The van der Waals surface area contributed by atoms with Crippen molar-refractivity contribution in [2.75, 3.05) is 11.9 Å². The first-order chi connectivity index (χ1) is 17.7. The summed E-state index contributed by atoms with van der Waals surface area (Å²) in [5, 5.41) is 7.86. The number of carbonyl (C=O) groups excluding carboxylic acids is 2. The van der Waals surface area contributed by atoms with Gasteiger partial charge >= 0.3 is 0 Å². The highest BCUT2D eigenvalue weighted by atomic mass is 16.2. The van der Waals surface area contributed by atoms with Gasteiger partial charge in [-0.3, -0.25) is 9.59 Å². The molecule has 0 radical (unpaired) electrons. The molecule has 0 saturated carbocycles. The Morgan fingerprint density at radius 3 is 2.35 bits per heavy atom. The van der Waals surface area contributed by atoms with Crippen molar-refractivity contribution in [2.45, 2.75) is 85.1 Å². The molecule has 0 bridgehead atoms. The highest BCUT2D eigenvalue weighted by molar-refractivity contribution is 5.94. The van der Waals surface area contributed by atoms with E-state index in [1.54, 1.807) is 9.58 Å². The topological polar surface area (TPSA) is 67.2 Å². The van der Waals surface area contributed by atoms with Crippen molar-refractivity contribution in [2.24, 2.45) is 0 Å². The molecule has 0 aliphatic heterocycles. The Morgan fingerprint density at radius 2 is 1.68 bits per heavy atom. The van der Waals surface area contributed by atoms with Crippen molar-refractivity contribution in [3.8, 4) is 5.69 Å². The number of carbonyl (C=O) groups is 2. The number of nitrogens with one attached hydrogen (secondary N) is 1. The molecule has 1 N–H and O–H groups in total. The van der Waals surface area contributed by atoms with Crippen molar-refractivity contribution >= 4 is 17.6 Å². The largest absolute Gasteiger partial charge is 0.329 e. The molecule has 2 amide bonds. The Labute approximate surface area is 222 Å². The minimum atomic E-state index is -0.232. The maximum atomic E-state index is 13.3. The van der Waals surface area contributed by atoms with Gasteiger partial charge in [-0.25, -0.2) is 4.68 Å². The van der Waals surface area contributed by atoms with E-state index in [0.717, 1.165) is 41.8 Å². The number of nitrogens with zero attached hydrogens (tertiary/aromatic N) is 3. The molecule has 0 aliphatic rings. The van der Waals surface area contributed by atoms with Gasteiger partial charge in [0, 0.05) is 24.4 Å². The lowest BCUT2D eigenvalue weighted by atomic mass is 9.92. The maximum absolute atomic E-state index is 13.3. The van der Waals surface area contributed by atoms with Crippen LogP contribution in [0, 0.1) is 6.92 Å². The summed E-state index contributed by atoms with van der Waals surface area (Å²) in [6.07, 6.45) is 5.85. The number of unbranched alkanes of at least 4 members (excludes halogenated alkanes) is 4. The molecule has 3 aromatic rings. The molecular weight excluding hydrogens is 460 g/mol. The number of anilines is 1. The van der Waals surface area contributed by atoms with Crippen molar-refractivity contribution in [1.29, 1.82) is 0 Å². The van der Waals surface area contributed by atoms with Gasteiger partial charge in [0.15, 0.2) is 0 Å². The van der Waals surface area contributed by atoms with Gasteiger partial charge in [-0.2, -0.15) is 5.10 Å². The first kappa shape index (κ1) is 28.2. The predicted octanol–water partition coefficient (Wildman–Crippen LogP) is 6.81. The van der Waals surface area contributed by atoms with Crippen molar-refractivity contribution in [1.82, 2.24) is 14.7 Å². The van der Waals surface area contributed by atoms with E-state index in [4.69, 9.17) is 5.10 Å². The summed E-state index contributed by atoms with van der Waals surface area (Å²) >= 11 is 0. The second-order valence-electron chi connectivity index (χ2n) is 10.9. The van der Waals surface area contributed by atoms with Gasteiger partial charge in [-0.1, -0.05) is 95.8 Å². The molecule has 198 valence electrons. The highest BCUT2D eigenvalue weighted by Gasteiger charge is 2.23. The quantitative estimate of drug-likeness (QED) is 0.277. The lowest BCUT2D eigenvalue weighted by Gasteiger charge is -2.22. The molecule has 6 heteroatoms. The summed E-state index contributed by atoms with van der Waals surface area (Å²) < 4.78 is 1.78. The fourth-order valence-electron chi connectivity index (χ4n) is 4.22. The molecule has 3 rings (SSSR count). The smallest absolute Gasteiger partial charge is 0.245 e. The Balaban J connectivity index is 1.78. The van der Waals surface area contributed by atoms with E-state index in [9.17, 15) is 9.59 Å². The molecule has 0 spiro atoms. The number of hydrogen-bond acceptors (Lipinski definition) is 3. The maximum Gasteiger partial charge on any atom is 0.245 e. The average molecular weight is 503 g/mol. The molecule has 1 aromatic heterocycles. The van der Waals surface area contributed by atoms with Crippen LogP contribution in [0.5, 0.6) is 0 Å². The van der Waals surface area contributed by atoms with Gasteiger partial charge in [-0.15, -0.1) is 0 Å².